The van der Waals surface area contributed by atoms with Crippen LogP contribution in [0.1, 0.15) is 12.5 Å². The number of oxime groups is 1. The van der Waals surface area contributed by atoms with E-state index in [1.54, 1.807) is 19.1 Å². The Hall–Kier alpha value is -1.65. The molecule has 3 nitrogen and oxygen atoms in total. The van der Waals surface area contributed by atoms with Crippen molar-refractivity contribution in [3.63, 3.8) is 0 Å². The minimum absolute atomic E-state index is 0.0421. The number of hydrogen-bond acceptors (Lipinski definition) is 3. The van der Waals surface area contributed by atoms with Crippen LogP contribution in [0.2, 0.25) is 0 Å². The summed E-state index contributed by atoms with van der Waals surface area (Å²) >= 11 is 0. The monoisotopic (exact) mass is 201 g/mol. The Bertz CT molecular complexity index is 339. The molecule has 1 rings (SSSR count). The van der Waals surface area contributed by atoms with Gasteiger partial charge in [-0.25, -0.2) is 0 Å². The van der Waals surface area contributed by atoms with Crippen LogP contribution in [0.3, 0.4) is 0 Å². The van der Waals surface area contributed by atoms with E-state index in [4.69, 9.17) is 5.21 Å². The zero-order chi connectivity index (χ0) is 10.6. The number of benzene rings is 1. The molecule has 5 heteroatoms. The van der Waals surface area contributed by atoms with Gasteiger partial charge in [0.25, 0.3) is 0 Å². The highest BCUT2D eigenvalue weighted by molar-refractivity contribution is 5.98. The fourth-order valence-electron chi connectivity index (χ4n) is 0.955. The maximum atomic E-state index is 11.8. The van der Waals surface area contributed by atoms with Gasteiger partial charge in [0.2, 0.25) is 0 Å². The molecule has 0 saturated heterocycles. The molecule has 1 aromatic rings. The molecule has 0 spiro atoms. The molecule has 0 unspecified atom stereocenters. The summed E-state index contributed by atoms with van der Waals surface area (Å²) in [5, 5.41) is 11.4. The standard InChI is InChI=1S/C9H9F2NO2/c1-6(12-13)7-3-2-4-8(5-7)14-9(10)11/h2-5,9,13H,1H3/b12-6+. The molecule has 0 heterocycles. The van der Waals surface area contributed by atoms with Crippen molar-refractivity contribution in [3.8, 4) is 5.75 Å². The molecule has 0 amide bonds. The summed E-state index contributed by atoms with van der Waals surface area (Å²) in [6, 6.07) is 5.95. The fourth-order valence-corrected chi connectivity index (χ4v) is 0.955. The highest BCUT2D eigenvalue weighted by atomic mass is 19.3. The van der Waals surface area contributed by atoms with Crippen molar-refractivity contribution in [1.82, 2.24) is 0 Å². The number of alkyl halides is 2. The van der Waals surface area contributed by atoms with Crippen LogP contribution in [0.15, 0.2) is 29.4 Å². The van der Waals surface area contributed by atoms with Crippen molar-refractivity contribution in [2.75, 3.05) is 0 Å². The first-order chi connectivity index (χ1) is 6.63. The largest absolute Gasteiger partial charge is 0.435 e. The Morgan fingerprint density at radius 1 is 1.50 bits per heavy atom. The van der Waals surface area contributed by atoms with Gasteiger partial charge < -0.3 is 9.94 Å². The molecule has 14 heavy (non-hydrogen) atoms. The Labute approximate surface area is 79.6 Å². The van der Waals surface area contributed by atoms with Crippen LogP contribution >= 0.6 is 0 Å². The van der Waals surface area contributed by atoms with Crippen LogP contribution in [-0.4, -0.2) is 17.5 Å². The number of halogens is 2. The zero-order valence-corrected chi connectivity index (χ0v) is 7.45. The predicted octanol–water partition coefficient (Wildman–Crippen LogP) is 2.49. The minimum atomic E-state index is -2.85. The highest BCUT2D eigenvalue weighted by Gasteiger charge is 2.05. The number of hydrogen-bond donors (Lipinski definition) is 1. The van der Waals surface area contributed by atoms with Gasteiger partial charge in [0, 0.05) is 5.56 Å². The second-order valence-corrected chi connectivity index (χ2v) is 2.59. The van der Waals surface area contributed by atoms with Crippen molar-refractivity contribution < 1.29 is 18.7 Å². The Morgan fingerprint density at radius 3 is 2.79 bits per heavy atom. The summed E-state index contributed by atoms with van der Waals surface area (Å²) in [6.07, 6.45) is 0. The van der Waals surface area contributed by atoms with Gasteiger partial charge in [-0.15, -0.1) is 0 Å². The summed E-state index contributed by atoms with van der Waals surface area (Å²) < 4.78 is 27.8. The van der Waals surface area contributed by atoms with E-state index in [0.717, 1.165) is 0 Å². The third kappa shape index (κ3) is 2.69. The van der Waals surface area contributed by atoms with E-state index in [0.29, 0.717) is 11.3 Å². The van der Waals surface area contributed by atoms with Gasteiger partial charge in [-0.1, -0.05) is 17.3 Å². The van der Waals surface area contributed by atoms with Gasteiger partial charge >= 0.3 is 6.61 Å². The number of nitrogens with zero attached hydrogens (tertiary/aromatic N) is 1. The first kappa shape index (κ1) is 10.4. The molecule has 0 aromatic heterocycles. The average molecular weight is 201 g/mol. The first-order valence-electron chi connectivity index (χ1n) is 3.87. The molecule has 0 saturated carbocycles. The first-order valence-corrected chi connectivity index (χ1v) is 3.87. The molecule has 76 valence electrons. The fraction of sp³-hybridized carbons (Fsp3) is 0.222. The van der Waals surface area contributed by atoms with Crippen molar-refractivity contribution in [1.29, 1.82) is 0 Å². The molecular formula is C9H9F2NO2. The van der Waals surface area contributed by atoms with Crippen molar-refractivity contribution >= 4 is 5.71 Å². The van der Waals surface area contributed by atoms with Crippen molar-refractivity contribution in [3.05, 3.63) is 29.8 Å². The molecule has 0 aliphatic heterocycles. The quantitative estimate of drug-likeness (QED) is 0.463. The average Bonchev–Trinajstić information content (AvgIpc) is 2.16. The molecule has 1 aromatic carbocycles. The lowest BCUT2D eigenvalue weighted by atomic mass is 10.1. The van der Waals surface area contributed by atoms with Gasteiger partial charge in [0.1, 0.15) is 5.75 Å². The molecular weight excluding hydrogens is 192 g/mol. The summed E-state index contributed by atoms with van der Waals surface area (Å²) in [6.45, 7) is -1.29. The highest BCUT2D eigenvalue weighted by Crippen LogP contribution is 2.16. The second kappa shape index (κ2) is 4.55. The van der Waals surface area contributed by atoms with E-state index in [9.17, 15) is 8.78 Å². The zero-order valence-electron chi connectivity index (χ0n) is 7.45. The summed E-state index contributed by atoms with van der Waals surface area (Å²) in [7, 11) is 0. The normalized spacial score (nSPS) is 11.9. The van der Waals surface area contributed by atoms with Gasteiger partial charge in [-0.3, -0.25) is 0 Å². The van der Waals surface area contributed by atoms with E-state index in [-0.39, 0.29) is 5.75 Å². The molecule has 0 aliphatic carbocycles. The summed E-state index contributed by atoms with van der Waals surface area (Å²) in [5.41, 5.74) is 0.871. The lowest BCUT2D eigenvalue weighted by Crippen LogP contribution is -2.03. The van der Waals surface area contributed by atoms with Gasteiger partial charge in [0.05, 0.1) is 5.71 Å². The maximum Gasteiger partial charge on any atom is 0.387 e. The van der Waals surface area contributed by atoms with E-state index in [1.165, 1.54) is 12.1 Å². The SMILES string of the molecule is C/C(=N\O)c1cccc(OC(F)F)c1. The molecule has 1 N–H and O–H groups in total. The summed E-state index contributed by atoms with van der Waals surface area (Å²) in [4.78, 5) is 0. The van der Waals surface area contributed by atoms with Gasteiger partial charge in [-0.2, -0.15) is 8.78 Å². The van der Waals surface area contributed by atoms with E-state index >= 15 is 0 Å². The Morgan fingerprint density at radius 2 is 2.21 bits per heavy atom. The van der Waals surface area contributed by atoms with E-state index in [1.807, 2.05) is 0 Å². The van der Waals surface area contributed by atoms with E-state index in [2.05, 4.69) is 9.89 Å². The maximum absolute atomic E-state index is 11.8. The minimum Gasteiger partial charge on any atom is -0.435 e. The van der Waals surface area contributed by atoms with Crippen LogP contribution in [0.4, 0.5) is 8.78 Å². The van der Waals surface area contributed by atoms with Crippen LogP contribution in [0.5, 0.6) is 5.75 Å². The molecule has 0 bridgehead atoms. The lowest BCUT2D eigenvalue weighted by molar-refractivity contribution is -0.0498. The topological polar surface area (TPSA) is 41.8 Å². The van der Waals surface area contributed by atoms with E-state index < -0.39 is 6.61 Å². The second-order valence-electron chi connectivity index (χ2n) is 2.59. The number of rotatable bonds is 3. The smallest absolute Gasteiger partial charge is 0.387 e. The molecule has 0 aliphatic rings. The van der Waals surface area contributed by atoms with Crippen LogP contribution in [-0.2, 0) is 0 Å². The Kier molecular flexibility index (Phi) is 3.39. The lowest BCUT2D eigenvalue weighted by Gasteiger charge is -2.05. The summed E-state index contributed by atoms with van der Waals surface area (Å²) in [5.74, 6) is 0.0421. The molecule has 0 atom stereocenters. The van der Waals surface area contributed by atoms with Crippen LogP contribution in [0.25, 0.3) is 0 Å². The van der Waals surface area contributed by atoms with Crippen LogP contribution in [0, 0.1) is 0 Å². The van der Waals surface area contributed by atoms with Crippen molar-refractivity contribution in [2.24, 2.45) is 5.16 Å². The third-order valence-corrected chi connectivity index (χ3v) is 1.63. The predicted molar refractivity (Wildman–Crippen MR) is 47.1 cm³/mol. The van der Waals surface area contributed by atoms with Gasteiger partial charge in [-0.05, 0) is 19.1 Å². The number of ether oxygens (including phenoxy) is 1. The third-order valence-electron chi connectivity index (χ3n) is 1.63. The van der Waals surface area contributed by atoms with Crippen molar-refractivity contribution in [2.45, 2.75) is 13.5 Å². The molecule has 0 fully saturated rings. The Balaban J connectivity index is 2.90. The van der Waals surface area contributed by atoms with Gasteiger partial charge in [0.15, 0.2) is 0 Å². The molecule has 0 radical (unpaired) electrons. The van der Waals surface area contributed by atoms with Crippen LogP contribution < -0.4 is 4.74 Å².